The van der Waals surface area contributed by atoms with Gasteiger partial charge in [-0.15, -0.1) is 0 Å². The zero-order valence-electron chi connectivity index (χ0n) is 14.2. The summed E-state index contributed by atoms with van der Waals surface area (Å²) in [5, 5.41) is 22.3. The van der Waals surface area contributed by atoms with Gasteiger partial charge in [-0.1, -0.05) is 36.4 Å². The summed E-state index contributed by atoms with van der Waals surface area (Å²) in [7, 11) is 0. The molecule has 2 unspecified atom stereocenters. The number of rotatable bonds is 7. The van der Waals surface area contributed by atoms with E-state index in [1.54, 1.807) is 24.3 Å². The van der Waals surface area contributed by atoms with Crippen LogP contribution < -0.4 is 5.32 Å². The van der Waals surface area contributed by atoms with Gasteiger partial charge in [0.25, 0.3) is 0 Å². The maximum Gasteiger partial charge on any atom is 0.433 e. The van der Waals surface area contributed by atoms with Crippen molar-refractivity contribution >= 4 is 6.09 Å². The number of alkyl halides is 3. The Bertz CT molecular complexity index is 741. The normalized spacial score (nSPS) is 13.7. The topological polar surface area (TPSA) is 91.7 Å². The number of nitrogens with zero attached hydrogens (tertiary/aromatic N) is 1. The highest BCUT2D eigenvalue weighted by atomic mass is 19.4. The van der Waals surface area contributed by atoms with Crippen LogP contribution in [-0.4, -0.2) is 33.9 Å². The number of hydrogen-bond donors (Lipinski definition) is 3. The third kappa shape index (κ3) is 6.22. The fourth-order valence-corrected chi connectivity index (χ4v) is 2.35. The maximum absolute atomic E-state index is 12.9. The van der Waals surface area contributed by atoms with E-state index in [1.165, 1.54) is 6.07 Å². The molecule has 0 aliphatic carbocycles. The number of nitrogens with one attached hydrogen (secondary N) is 1. The highest BCUT2D eigenvalue weighted by molar-refractivity contribution is 5.67. The predicted octanol–water partition coefficient (Wildman–Crippen LogP) is 2.81. The molecule has 0 aliphatic heterocycles. The molecule has 6 nitrogen and oxygen atoms in total. The lowest BCUT2D eigenvalue weighted by atomic mass is 10.0. The van der Waals surface area contributed by atoms with Crippen molar-refractivity contribution in [3.8, 4) is 0 Å². The Hall–Kier alpha value is -2.65. The number of aliphatic hydroxyl groups is 2. The Morgan fingerprint density at radius 1 is 1.15 bits per heavy atom. The van der Waals surface area contributed by atoms with Crippen molar-refractivity contribution in [1.82, 2.24) is 10.3 Å². The summed E-state index contributed by atoms with van der Waals surface area (Å²) in [5.74, 6) is 0. The number of pyridine rings is 1. The number of benzene rings is 1. The Balaban J connectivity index is 1.82. The van der Waals surface area contributed by atoms with Gasteiger partial charge < -0.3 is 20.3 Å². The van der Waals surface area contributed by atoms with Gasteiger partial charge in [-0.05, 0) is 18.1 Å². The molecule has 0 bridgehead atoms. The second kappa shape index (κ2) is 9.33. The SMILES string of the molecule is O=C(NCCC(O)C(O)c1cccnc1C(F)(F)F)OCc1ccccc1. The van der Waals surface area contributed by atoms with E-state index >= 15 is 0 Å². The van der Waals surface area contributed by atoms with Crippen LogP contribution in [0.2, 0.25) is 0 Å². The van der Waals surface area contributed by atoms with Crippen LogP contribution >= 0.6 is 0 Å². The molecule has 0 radical (unpaired) electrons. The highest BCUT2D eigenvalue weighted by Gasteiger charge is 2.37. The second-order valence-corrected chi connectivity index (χ2v) is 5.73. The molecule has 0 spiro atoms. The summed E-state index contributed by atoms with van der Waals surface area (Å²) in [6.45, 7) is -0.0318. The minimum atomic E-state index is -4.75. The van der Waals surface area contributed by atoms with Gasteiger partial charge in [0.15, 0.2) is 0 Å². The van der Waals surface area contributed by atoms with Crippen LogP contribution in [0, 0.1) is 0 Å². The molecular weight excluding hydrogens is 365 g/mol. The van der Waals surface area contributed by atoms with Crippen LogP contribution in [0.3, 0.4) is 0 Å². The first kappa shape index (κ1) is 20.7. The largest absolute Gasteiger partial charge is 0.445 e. The molecule has 1 aromatic heterocycles. The van der Waals surface area contributed by atoms with Gasteiger partial charge in [-0.25, -0.2) is 4.79 Å². The average Bonchev–Trinajstić information content (AvgIpc) is 2.66. The van der Waals surface area contributed by atoms with E-state index in [1.807, 2.05) is 6.07 Å². The van der Waals surface area contributed by atoms with E-state index in [0.717, 1.165) is 17.8 Å². The van der Waals surface area contributed by atoms with Gasteiger partial charge in [-0.2, -0.15) is 13.2 Å². The molecule has 1 aromatic carbocycles. The summed E-state index contributed by atoms with van der Waals surface area (Å²) in [5.41, 5.74) is -0.990. The van der Waals surface area contributed by atoms with Gasteiger partial charge in [0, 0.05) is 18.3 Å². The predicted molar refractivity (Wildman–Crippen MR) is 89.5 cm³/mol. The first-order valence-corrected chi connectivity index (χ1v) is 8.12. The van der Waals surface area contributed by atoms with Gasteiger partial charge in [-0.3, -0.25) is 4.98 Å². The molecule has 2 aromatic rings. The van der Waals surface area contributed by atoms with Crippen LogP contribution in [0.4, 0.5) is 18.0 Å². The molecule has 0 aliphatic rings. The molecule has 1 amide bonds. The van der Waals surface area contributed by atoms with Crippen LogP contribution in [0.25, 0.3) is 0 Å². The van der Waals surface area contributed by atoms with E-state index < -0.39 is 35.7 Å². The van der Waals surface area contributed by atoms with Crippen molar-refractivity contribution in [3.63, 3.8) is 0 Å². The smallest absolute Gasteiger partial charge is 0.433 e. The second-order valence-electron chi connectivity index (χ2n) is 5.73. The Morgan fingerprint density at radius 3 is 2.52 bits per heavy atom. The molecule has 2 rings (SSSR count). The fraction of sp³-hybridized carbons (Fsp3) is 0.333. The van der Waals surface area contributed by atoms with Crippen LogP contribution in [0.1, 0.15) is 29.3 Å². The number of carbonyl (C=O) groups is 1. The van der Waals surface area contributed by atoms with Crippen molar-refractivity contribution in [2.75, 3.05) is 6.54 Å². The molecule has 9 heteroatoms. The summed E-state index contributed by atoms with van der Waals surface area (Å²) >= 11 is 0. The lowest BCUT2D eigenvalue weighted by Crippen LogP contribution is -2.30. The van der Waals surface area contributed by atoms with E-state index in [-0.39, 0.29) is 19.6 Å². The first-order valence-electron chi connectivity index (χ1n) is 8.12. The summed E-state index contributed by atoms with van der Waals surface area (Å²) in [6, 6.07) is 11.2. The Labute approximate surface area is 153 Å². The Kier molecular flexibility index (Phi) is 7.14. The third-order valence-electron chi connectivity index (χ3n) is 3.71. The molecule has 146 valence electrons. The average molecular weight is 384 g/mol. The number of amides is 1. The van der Waals surface area contributed by atoms with Crippen molar-refractivity contribution in [1.29, 1.82) is 0 Å². The van der Waals surface area contributed by atoms with Crippen LogP contribution in [0.15, 0.2) is 48.7 Å². The molecule has 0 saturated heterocycles. The van der Waals surface area contributed by atoms with Gasteiger partial charge in [0.05, 0.1) is 6.10 Å². The molecule has 1 heterocycles. The maximum atomic E-state index is 12.9. The van der Waals surface area contributed by atoms with E-state index in [4.69, 9.17) is 4.74 Å². The van der Waals surface area contributed by atoms with E-state index in [0.29, 0.717) is 0 Å². The van der Waals surface area contributed by atoms with E-state index in [2.05, 4.69) is 10.3 Å². The minimum Gasteiger partial charge on any atom is -0.445 e. The molecule has 3 N–H and O–H groups in total. The van der Waals surface area contributed by atoms with Gasteiger partial charge in [0.1, 0.15) is 18.4 Å². The van der Waals surface area contributed by atoms with E-state index in [9.17, 15) is 28.2 Å². The number of aliphatic hydroxyl groups excluding tert-OH is 2. The standard InChI is InChI=1S/C18H19F3N2O4/c19-18(20,21)16-13(7-4-9-22-16)15(25)14(24)8-10-23-17(26)27-11-12-5-2-1-3-6-12/h1-7,9,14-15,24-25H,8,10-11H2,(H,23,26). The van der Waals surface area contributed by atoms with Gasteiger partial charge >= 0.3 is 12.3 Å². The molecular formula is C18H19F3N2O4. The van der Waals surface area contributed by atoms with Crippen molar-refractivity contribution in [2.24, 2.45) is 0 Å². The molecule has 0 fully saturated rings. The third-order valence-corrected chi connectivity index (χ3v) is 3.71. The van der Waals surface area contributed by atoms with Crippen molar-refractivity contribution in [2.45, 2.75) is 31.4 Å². The zero-order valence-corrected chi connectivity index (χ0v) is 14.2. The summed E-state index contributed by atoms with van der Waals surface area (Å²) in [4.78, 5) is 14.8. The van der Waals surface area contributed by atoms with Crippen LogP contribution in [0.5, 0.6) is 0 Å². The minimum absolute atomic E-state index is 0.0580. The number of alkyl carbamates (subject to hydrolysis) is 1. The zero-order chi connectivity index (χ0) is 19.9. The van der Waals surface area contributed by atoms with Gasteiger partial charge in [0.2, 0.25) is 0 Å². The number of hydrogen-bond acceptors (Lipinski definition) is 5. The number of ether oxygens (including phenoxy) is 1. The molecule has 27 heavy (non-hydrogen) atoms. The number of halogens is 3. The molecule has 0 saturated carbocycles. The first-order chi connectivity index (χ1) is 12.8. The fourth-order valence-electron chi connectivity index (χ4n) is 2.35. The monoisotopic (exact) mass is 384 g/mol. The van der Waals surface area contributed by atoms with Crippen molar-refractivity contribution < 1.29 is 32.9 Å². The lowest BCUT2D eigenvalue weighted by molar-refractivity contribution is -0.143. The van der Waals surface area contributed by atoms with Crippen LogP contribution in [-0.2, 0) is 17.5 Å². The number of carbonyl (C=O) groups excluding carboxylic acids is 1. The Morgan fingerprint density at radius 2 is 1.85 bits per heavy atom. The number of aromatic nitrogens is 1. The lowest BCUT2D eigenvalue weighted by Gasteiger charge is -2.21. The highest BCUT2D eigenvalue weighted by Crippen LogP contribution is 2.34. The quantitative estimate of drug-likeness (QED) is 0.683. The summed E-state index contributed by atoms with van der Waals surface area (Å²) in [6.07, 6.45) is -8.03. The van der Waals surface area contributed by atoms with Crippen molar-refractivity contribution in [3.05, 3.63) is 65.5 Å². The summed E-state index contributed by atoms with van der Waals surface area (Å²) < 4.78 is 43.7. The molecule has 2 atom stereocenters.